The van der Waals surface area contributed by atoms with E-state index in [1.807, 2.05) is 11.8 Å². The van der Waals surface area contributed by atoms with Gasteiger partial charge >= 0.3 is 5.97 Å². The van der Waals surface area contributed by atoms with Crippen molar-refractivity contribution in [2.24, 2.45) is 0 Å². The molecule has 1 fully saturated rings. The van der Waals surface area contributed by atoms with Crippen molar-refractivity contribution >= 4 is 17.7 Å². The van der Waals surface area contributed by atoms with E-state index in [1.165, 1.54) is 50.7 Å². The van der Waals surface area contributed by atoms with Gasteiger partial charge in [-0.3, -0.25) is 4.79 Å². The van der Waals surface area contributed by atoms with Crippen molar-refractivity contribution < 1.29 is 9.53 Å². The van der Waals surface area contributed by atoms with Gasteiger partial charge < -0.3 is 4.74 Å². The highest BCUT2D eigenvalue weighted by Crippen LogP contribution is 2.13. The Morgan fingerprint density at radius 1 is 0.765 bits per heavy atom. The molecule has 2 nitrogen and oxygen atoms in total. The molecule has 0 saturated carbocycles. The number of rotatable bonds is 0. The van der Waals surface area contributed by atoms with E-state index in [1.54, 1.807) is 0 Å². The molecule has 0 N–H and O–H groups in total. The van der Waals surface area contributed by atoms with E-state index in [0.717, 1.165) is 18.6 Å². The molecule has 0 aromatic rings. The Balaban J connectivity index is 2.11. The minimum absolute atomic E-state index is 0.00194. The molecule has 17 heavy (non-hydrogen) atoms. The molecule has 0 unspecified atom stereocenters. The van der Waals surface area contributed by atoms with E-state index in [2.05, 4.69) is 0 Å². The van der Waals surface area contributed by atoms with Gasteiger partial charge in [0.15, 0.2) is 0 Å². The van der Waals surface area contributed by atoms with E-state index in [0.29, 0.717) is 13.0 Å². The molecule has 1 aliphatic heterocycles. The number of carbonyl (C=O) groups is 1. The first-order chi connectivity index (χ1) is 8.39. The predicted molar refractivity (Wildman–Crippen MR) is 74.5 cm³/mol. The summed E-state index contributed by atoms with van der Waals surface area (Å²) in [5.41, 5.74) is 0. The molecule has 1 saturated heterocycles. The molecule has 1 aliphatic rings. The van der Waals surface area contributed by atoms with Gasteiger partial charge in [0.25, 0.3) is 0 Å². The molecule has 0 aliphatic carbocycles. The average Bonchev–Trinajstić information content (AvgIpc) is 2.32. The maximum atomic E-state index is 11.3. The van der Waals surface area contributed by atoms with E-state index in [4.69, 9.17) is 4.74 Å². The van der Waals surface area contributed by atoms with Crippen molar-refractivity contribution in [1.82, 2.24) is 0 Å². The van der Waals surface area contributed by atoms with Gasteiger partial charge in [-0.1, -0.05) is 38.5 Å². The van der Waals surface area contributed by atoms with Crippen LogP contribution in [0.2, 0.25) is 0 Å². The third kappa shape index (κ3) is 9.51. The van der Waals surface area contributed by atoms with Gasteiger partial charge in [0.2, 0.25) is 0 Å². The van der Waals surface area contributed by atoms with Crippen LogP contribution >= 0.6 is 11.8 Å². The number of thioether (sulfide) groups is 1. The number of hydrogen-bond acceptors (Lipinski definition) is 3. The van der Waals surface area contributed by atoms with Crippen molar-refractivity contribution in [3.05, 3.63) is 0 Å². The first kappa shape index (κ1) is 14.9. The fourth-order valence-corrected chi connectivity index (χ4v) is 2.99. The first-order valence-electron chi connectivity index (χ1n) is 7.13. The van der Waals surface area contributed by atoms with Crippen molar-refractivity contribution in [3.8, 4) is 0 Å². The average molecular weight is 258 g/mol. The van der Waals surface area contributed by atoms with Gasteiger partial charge in [0.1, 0.15) is 0 Å². The standard InChI is InChI=1S/C14H26O2S/c15-14-10-7-5-3-1-2-4-6-8-12-17-13-9-11-16-14/h1-13H2. The monoisotopic (exact) mass is 258 g/mol. The zero-order valence-electron chi connectivity index (χ0n) is 10.9. The van der Waals surface area contributed by atoms with Crippen LogP contribution in [0, 0.1) is 0 Å². The third-order valence-corrected chi connectivity index (χ3v) is 4.27. The lowest BCUT2D eigenvalue weighted by Gasteiger charge is -2.06. The smallest absolute Gasteiger partial charge is 0.305 e. The van der Waals surface area contributed by atoms with Crippen LogP contribution < -0.4 is 0 Å². The van der Waals surface area contributed by atoms with Crippen LogP contribution in [0.25, 0.3) is 0 Å². The first-order valence-corrected chi connectivity index (χ1v) is 8.28. The number of hydrogen-bond donors (Lipinski definition) is 0. The molecule has 1 rings (SSSR count). The lowest BCUT2D eigenvalue weighted by molar-refractivity contribution is -0.143. The summed E-state index contributed by atoms with van der Waals surface area (Å²) in [6.07, 6.45) is 11.9. The lowest BCUT2D eigenvalue weighted by Crippen LogP contribution is -2.06. The highest BCUT2D eigenvalue weighted by Gasteiger charge is 2.03. The van der Waals surface area contributed by atoms with Gasteiger partial charge in [-0.05, 0) is 30.8 Å². The molecule has 3 heteroatoms. The van der Waals surface area contributed by atoms with Crippen molar-refractivity contribution in [1.29, 1.82) is 0 Å². The minimum Gasteiger partial charge on any atom is -0.466 e. The van der Waals surface area contributed by atoms with Crippen molar-refractivity contribution in [2.45, 2.75) is 64.2 Å². The molecular formula is C14H26O2S. The van der Waals surface area contributed by atoms with Crippen molar-refractivity contribution in [2.75, 3.05) is 18.1 Å². The van der Waals surface area contributed by atoms with E-state index in [9.17, 15) is 4.79 Å². The zero-order chi connectivity index (χ0) is 12.2. The maximum Gasteiger partial charge on any atom is 0.305 e. The Labute approximate surface area is 110 Å². The summed E-state index contributed by atoms with van der Waals surface area (Å²) in [6.45, 7) is 0.617. The summed E-state index contributed by atoms with van der Waals surface area (Å²) in [5.74, 6) is 2.41. The van der Waals surface area contributed by atoms with Gasteiger partial charge in [0, 0.05) is 6.42 Å². The van der Waals surface area contributed by atoms with Crippen LogP contribution in [0.1, 0.15) is 64.2 Å². The van der Waals surface area contributed by atoms with Crippen LogP contribution in [0.5, 0.6) is 0 Å². The van der Waals surface area contributed by atoms with Crippen LogP contribution in [0.3, 0.4) is 0 Å². The number of esters is 1. The van der Waals surface area contributed by atoms with Gasteiger partial charge in [0.05, 0.1) is 6.61 Å². The molecule has 0 atom stereocenters. The van der Waals surface area contributed by atoms with Crippen LogP contribution in [-0.2, 0) is 9.53 Å². The fourth-order valence-electron chi connectivity index (χ4n) is 2.06. The Hall–Kier alpha value is -0.180. The summed E-state index contributed by atoms with van der Waals surface area (Å²) < 4.78 is 5.19. The molecule has 0 aromatic heterocycles. The number of ether oxygens (including phenoxy) is 1. The topological polar surface area (TPSA) is 26.3 Å². The van der Waals surface area contributed by atoms with E-state index < -0.39 is 0 Å². The summed E-state index contributed by atoms with van der Waals surface area (Å²) in [7, 11) is 0. The molecule has 100 valence electrons. The molecular weight excluding hydrogens is 232 g/mol. The molecule has 0 radical (unpaired) electrons. The Kier molecular flexibility index (Phi) is 9.58. The number of cyclic esters (lactones) is 1. The van der Waals surface area contributed by atoms with E-state index in [-0.39, 0.29) is 5.97 Å². The third-order valence-electron chi connectivity index (χ3n) is 3.12. The maximum absolute atomic E-state index is 11.3. The van der Waals surface area contributed by atoms with Crippen LogP contribution in [0.15, 0.2) is 0 Å². The Morgan fingerprint density at radius 3 is 2.12 bits per heavy atom. The molecule has 0 bridgehead atoms. The second-order valence-corrected chi connectivity index (χ2v) is 5.99. The lowest BCUT2D eigenvalue weighted by atomic mass is 10.1. The highest BCUT2D eigenvalue weighted by atomic mass is 32.2. The normalized spacial score (nSPS) is 22.9. The second-order valence-electron chi connectivity index (χ2n) is 4.76. The highest BCUT2D eigenvalue weighted by molar-refractivity contribution is 7.99. The van der Waals surface area contributed by atoms with Crippen molar-refractivity contribution in [3.63, 3.8) is 0 Å². The van der Waals surface area contributed by atoms with Gasteiger partial charge in [-0.2, -0.15) is 11.8 Å². The molecule has 1 heterocycles. The van der Waals surface area contributed by atoms with E-state index >= 15 is 0 Å². The van der Waals surface area contributed by atoms with Crippen LogP contribution in [-0.4, -0.2) is 24.1 Å². The summed E-state index contributed by atoms with van der Waals surface area (Å²) in [6, 6.07) is 0. The van der Waals surface area contributed by atoms with Gasteiger partial charge in [-0.25, -0.2) is 0 Å². The summed E-state index contributed by atoms with van der Waals surface area (Å²) in [4.78, 5) is 11.3. The largest absolute Gasteiger partial charge is 0.466 e. The van der Waals surface area contributed by atoms with Crippen LogP contribution in [0.4, 0.5) is 0 Å². The Morgan fingerprint density at radius 2 is 1.35 bits per heavy atom. The van der Waals surface area contributed by atoms with Gasteiger partial charge in [-0.15, -0.1) is 0 Å². The quantitative estimate of drug-likeness (QED) is 0.610. The predicted octanol–water partition coefficient (Wildman–Crippen LogP) is 4.18. The second kappa shape index (κ2) is 10.9. The minimum atomic E-state index is 0.00194. The fraction of sp³-hybridized carbons (Fsp3) is 0.929. The number of carbonyl (C=O) groups excluding carboxylic acids is 1. The molecule has 0 amide bonds. The zero-order valence-corrected chi connectivity index (χ0v) is 11.7. The Bertz CT molecular complexity index is 177. The summed E-state index contributed by atoms with van der Waals surface area (Å²) >= 11 is 2.00. The molecule has 0 spiro atoms. The molecule has 0 aromatic carbocycles. The SMILES string of the molecule is O=C1CCCCCCCCCCSCCCO1. The summed E-state index contributed by atoms with van der Waals surface area (Å²) in [5, 5.41) is 0.